The van der Waals surface area contributed by atoms with Crippen molar-refractivity contribution in [3.8, 4) is 0 Å². The van der Waals surface area contributed by atoms with E-state index in [1.54, 1.807) is 11.3 Å². The summed E-state index contributed by atoms with van der Waals surface area (Å²) in [6, 6.07) is 0.434. The largest absolute Gasteiger partial charge is 0.395 e. The number of thiazole rings is 1. The first kappa shape index (κ1) is 12.3. The van der Waals surface area contributed by atoms with Crippen molar-refractivity contribution >= 4 is 33.2 Å². The second-order valence-corrected chi connectivity index (χ2v) is 6.15. The van der Waals surface area contributed by atoms with Crippen LogP contribution in [0, 0.1) is 6.92 Å². The maximum absolute atomic E-state index is 9.18. The molecule has 18 heavy (non-hydrogen) atoms. The van der Waals surface area contributed by atoms with Crippen LogP contribution in [0.5, 0.6) is 0 Å². The van der Waals surface area contributed by atoms with E-state index < -0.39 is 0 Å². The van der Waals surface area contributed by atoms with Crippen LogP contribution in [0.4, 0.5) is 0 Å². The lowest BCUT2D eigenvalue weighted by Gasteiger charge is -2.13. The molecule has 6 heteroatoms. The molecule has 1 saturated heterocycles. The van der Waals surface area contributed by atoms with E-state index in [0.717, 1.165) is 33.6 Å². The van der Waals surface area contributed by atoms with E-state index in [1.165, 1.54) is 0 Å². The summed E-state index contributed by atoms with van der Waals surface area (Å²) in [6.45, 7) is 2.16. The minimum absolute atomic E-state index is 0.183. The number of aryl methyl sites for hydroxylation is 1. The number of hydrogen-bond acceptors (Lipinski definition) is 5. The van der Waals surface area contributed by atoms with Gasteiger partial charge in [0.1, 0.15) is 5.52 Å². The zero-order valence-electron chi connectivity index (χ0n) is 9.98. The van der Waals surface area contributed by atoms with Gasteiger partial charge in [0.25, 0.3) is 0 Å². The van der Waals surface area contributed by atoms with E-state index in [2.05, 4.69) is 15.3 Å². The van der Waals surface area contributed by atoms with Crippen molar-refractivity contribution in [1.29, 1.82) is 0 Å². The first-order chi connectivity index (χ1) is 8.69. The number of aliphatic hydroxyl groups is 1. The first-order valence-corrected chi connectivity index (χ1v) is 7.17. The number of fused-ring (bicyclic) bond motifs is 1. The molecule has 2 aromatic heterocycles. The van der Waals surface area contributed by atoms with Crippen LogP contribution in [-0.4, -0.2) is 27.7 Å². The van der Waals surface area contributed by atoms with Gasteiger partial charge in [-0.05, 0) is 19.8 Å². The molecule has 1 fully saturated rings. The Morgan fingerprint density at radius 1 is 1.56 bits per heavy atom. The van der Waals surface area contributed by atoms with Gasteiger partial charge in [-0.3, -0.25) is 0 Å². The summed E-state index contributed by atoms with van der Waals surface area (Å²) < 4.78 is 1.11. The van der Waals surface area contributed by atoms with Crippen molar-refractivity contribution in [1.82, 2.24) is 15.3 Å². The predicted octanol–water partition coefficient (Wildman–Crippen LogP) is 2.44. The van der Waals surface area contributed by atoms with Crippen molar-refractivity contribution in [3.63, 3.8) is 0 Å². The van der Waals surface area contributed by atoms with Crippen molar-refractivity contribution in [2.45, 2.75) is 31.8 Å². The fourth-order valence-corrected chi connectivity index (χ4v) is 3.69. The molecule has 1 aliphatic heterocycles. The minimum atomic E-state index is 0.183. The fraction of sp³-hybridized carbons (Fsp3) is 0.500. The molecule has 0 aromatic carbocycles. The SMILES string of the molecule is Cc1nc2c(Cl)ncc([C@H]3CC[C@@H](CO)N3)c2s1. The van der Waals surface area contributed by atoms with E-state index in [1.807, 2.05) is 13.1 Å². The average molecular weight is 284 g/mol. The van der Waals surface area contributed by atoms with Crippen LogP contribution in [0.15, 0.2) is 6.20 Å². The van der Waals surface area contributed by atoms with Crippen LogP contribution in [0.2, 0.25) is 5.15 Å². The van der Waals surface area contributed by atoms with Crippen molar-refractivity contribution < 1.29 is 5.11 Å². The van der Waals surface area contributed by atoms with E-state index >= 15 is 0 Å². The lowest BCUT2D eigenvalue weighted by atomic mass is 10.1. The quantitative estimate of drug-likeness (QED) is 0.831. The lowest BCUT2D eigenvalue weighted by molar-refractivity contribution is 0.252. The number of nitrogens with zero attached hydrogens (tertiary/aromatic N) is 2. The fourth-order valence-electron chi connectivity index (χ4n) is 2.47. The Labute approximate surface area is 114 Å². The molecule has 2 atom stereocenters. The minimum Gasteiger partial charge on any atom is -0.395 e. The van der Waals surface area contributed by atoms with Crippen LogP contribution in [0.25, 0.3) is 10.2 Å². The third-order valence-electron chi connectivity index (χ3n) is 3.35. The van der Waals surface area contributed by atoms with Crippen molar-refractivity contribution in [2.75, 3.05) is 6.61 Å². The maximum atomic E-state index is 9.18. The molecule has 2 aromatic rings. The Hall–Kier alpha value is -0.750. The monoisotopic (exact) mass is 283 g/mol. The molecule has 0 saturated carbocycles. The second-order valence-electron chi connectivity index (χ2n) is 4.59. The van der Waals surface area contributed by atoms with E-state index in [9.17, 15) is 5.11 Å². The molecule has 0 spiro atoms. The highest BCUT2D eigenvalue weighted by Gasteiger charge is 2.27. The average Bonchev–Trinajstić information content (AvgIpc) is 2.96. The number of halogens is 1. The third kappa shape index (κ3) is 2.01. The van der Waals surface area contributed by atoms with Gasteiger partial charge in [-0.15, -0.1) is 11.3 Å². The van der Waals surface area contributed by atoms with Crippen LogP contribution >= 0.6 is 22.9 Å². The molecule has 4 nitrogen and oxygen atoms in total. The number of pyridine rings is 1. The summed E-state index contributed by atoms with van der Waals surface area (Å²) in [5.41, 5.74) is 1.95. The Kier molecular flexibility index (Phi) is 3.23. The molecule has 0 bridgehead atoms. The van der Waals surface area contributed by atoms with Gasteiger partial charge < -0.3 is 10.4 Å². The van der Waals surface area contributed by atoms with Gasteiger partial charge in [-0.1, -0.05) is 11.6 Å². The molecule has 0 radical (unpaired) electrons. The number of hydrogen-bond donors (Lipinski definition) is 2. The molecule has 0 unspecified atom stereocenters. The van der Waals surface area contributed by atoms with Crippen LogP contribution in [-0.2, 0) is 0 Å². The molecule has 3 rings (SSSR count). The van der Waals surface area contributed by atoms with Crippen LogP contribution < -0.4 is 5.32 Å². The summed E-state index contributed by atoms with van der Waals surface area (Å²) in [6.07, 6.45) is 3.84. The summed E-state index contributed by atoms with van der Waals surface area (Å²) in [5, 5.41) is 14.1. The van der Waals surface area contributed by atoms with E-state index in [-0.39, 0.29) is 18.7 Å². The zero-order chi connectivity index (χ0) is 12.7. The number of rotatable bonds is 2. The Morgan fingerprint density at radius 2 is 2.39 bits per heavy atom. The Morgan fingerprint density at radius 3 is 3.11 bits per heavy atom. The van der Waals surface area contributed by atoms with Gasteiger partial charge in [0, 0.05) is 23.8 Å². The molecule has 0 aliphatic carbocycles. The van der Waals surface area contributed by atoms with Gasteiger partial charge in [-0.25, -0.2) is 9.97 Å². The van der Waals surface area contributed by atoms with Gasteiger partial charge in [-0.2, -0.15) is 0 Å². The first-order valence-electron chi connectivity index (χ1n) is 5.97. The van der Waals surface area contributed by atoms with Gasteiger partial charge >= 0.3 is 0 Å². The third-order valence-corrected chi connectivity index (χ3v) is 4.64. The standard InChI is InChI=1S/C12H14ClN3OS/c1-6-15-10-11(18-6)8(4-14-12(10)13)9-3-2-7(5-17)16-9/h4,7,9,16-17H,2-3,5H2,1H3/t7-,9+/m0/s1. The van der Waals surface area contributed by atoms with Gasteiger partial charge in [0.05, 0.1) is 16.3 Å². The molecule has 1 aliphatic rings. The Balaban J connectivity index is 2.04. The highest BCUT2D eigenvalue weighted by Crippen LogP contribution is 2.36. The van der Waals surface area contributed by atoms with E-state index in [0.29, 0.717) is 5.15 Å². The Bertz CT molecular complexity index is 586. The van der Waals surface area contributed by atoms with Gasteiger partial charge in [0.15, 0.2) is 5.15 Å². The molecular weight excluding hydrogens is 270 g/mol. The molecule has 0 amide bonds. The highest BCUT2D eigenvalue weighted by atomic mass is 35.5. The van der Waals surface area contributed by atoms with Gasteiger partial charge in [0.2, 0.25) is 0 Å². The lowest BCUT2D eigenvalue weighted by Crippen LogP contribution is -2.27. The normalized spacial score (nSPS) is 23.9. The van der Waals surface area contributed by atoms with Crippen LogP contribution in [0.3, 0.4) is 0 Å². The molecule has 96 valence electrons. The van der Waals surface area contributed by atoms with Crippen molar-refractivity contribution in [2.24, 2.45) is 0 Å². The second kappa shape index (κ2) is 4.74. The highest BCUT2D eigenvalue weighted by molar-refractivity contribution is 7.18. The molecule has 2 N–H and O–H groups in total. The summed E-state index contributed by atoms with van der Waals surface area (Å²) in [5.74, 6) is 0. The maximum Gasteiger partial charge on any atom is 0.156 e. The number of nitrogens with one attached hydrogen (secondary N) is 1. The molecule has 3 heterocycles. The summed E-state index contributed by atoms with van der Waals surface area (Å²) >= 11 is 7.73. The summed E-state index contributed by atoms with van der Waals surface area (Å²) in [7, 11) is 0. The molecular formula is C12H14ClN3OS. The number of aromatic nitrogens is 2. The van der Waals surface area contributed by atoms with E-state index in [4.69, 9.17) is 11.6 Å². The smallest absolute Gasteiger partial charge is 0.156 e. The summed E-state index contributed by atoms with van der Waals surface area (Å²) in [4.78, 5) is 8.65. The number of aliphatic hydroxyl groups excluding tert-OH is 1. The predicted molar refractivity (Wildman–Crippen MR) is 73.1 cm³/mol. The van der Waals surface area contributed by atoms with Crippen molar-refractivity contribution in [3.05, 3.63) is 21.9 Å². The van der Waals surface area contributed by atoms with Crippen LogP contribution in [0.1, 0.15) is 29.5 Å². The zero-order valence-corrected chi connectivity index (χ0v) is 11.6. The topological polar surface area (TPSA) is 58.0 Å².